The van der Waals surface area contributed by atoms with Gasteiger partial charge in [0.25, 0.3) is 0 Å². The van der Waals surface area contributed by atoms with Crippen LogP contribution in [-0.4, -0.2) is 68.9 Å². The molecule has 6 heteroatoms. The maximum absolute atomic E-state index is 9.75. The van der Waals surface area contributed by atoms with Gasteiger partial charge in [-0.15, -0.1) is 0 Å². The minimum atomic E-state index is -1.12. The lowest BCUT2D eigenvalue weighted by Crippen LogP contribution is -2.59. The molecule has 1 aliphatic heterocycles. The summed E-state index contributed by atoms with van der Waals surface area (Å²) in [7, 11) is 4.37. The molecule has 1 rings (SSSR count). The van der Waals surface area contributed by atoms with E-state index in [2.05, 4.69) is 0 Å². The Balaban J connectivity index is 2.70. The van der Waals surface area contributed by atoms with Crippen LogP contribution in [0.3, 0.4) is 0 Å². The lowest BCUT2D eigenvalue weighted by molar-refractivity contribution is -0.299. The molecule has 6 nitrogen and oxygen atoms in total. The van der Waals surface area contributed by atoms with Crippen LogP contribution in [0.4, 0.5) is 0 Å². The number of aliphatic hydroxyl groups excluding tert-OH is 2. The van der Waals surface area contributed by atoms with Gasteiger partial charge in [-0.05, 0) is 0 Å². The van der Waals surface area contributed by atoms with Gasteiger partial charge in [-0.1, -0.05) is 0 Å². The zero-order valence-electron chi connectivity index (χ0n) is 9.12. The molecule has 0 aliphatic carbocycles. The van der Waals surface area contributed by atoms with Crippen molar-refractivity contribution in [2.45, 2.75) is 30.7 Å². The first-order valence-electron chi connectivity index (χ1n) is 4.71. The first kappa shape index (κ1) is 12.8. The molecule has 1 fully saturated rings. The molecule has 0 spiro atoms. The smallest absolute Gasteiger partial charge is 0.186 e. The van der Waals surface area contributed by atoms with Crippen LogP contribution < -0.4 is 0 Å². The second-order valence-electron chi connectivity index (χ2n) is 3.42. The van der Waals surface area contributed by atoms with Gasteiger partial charge in [0.1, 0.15) is 24.4 Å². The normalized spacial score (nSPS) is 41.8. The number of hydrogen-bond acceptors (Lipinski definition) is 6. The van der Waals surface area contributed by atoms with Gasteiger partial charge in [0.15, 0.2) is 6.29 Å². The monoisotopic (exact) mass is 222 g/mol. The Labute approximate surface area is 88.7 Å². The van der Waals surface area contributed by atoms with E-state index in [0.29, 0.717) is 0 Å². The average molecular weight is 222 g/mol. The molecule has 15 heavy (non-hydrogen) atoms. The van der Waals surface area contributed by atoms with E-state index in [-0.39, 0.29) is 6.61 Å². The largest absolute Gasteiger partial charge is 0.387 e. The van der Waals surface area contributed by atoms with E-state index < -0.39 is 30.7 Å². The molecule has 90 valence electrons. The Hall–Kier alpha value is -0.240. The van der Waals surface area contributed by atoms with Crippen LogP contribution in [0.25, 0.3) is 0 Å². The van der Waals surface area contributed by atoms with Crippen LogP contribution in [0.2, 0.25) is 0 Å². The molecule has 0 aromatic heterocycles. The van der Waals surface area contributed by atoms with E-state index >= 15 is 0 Å². The van der Waals surface area contributed by atoms with E-state index in [1.807, 2.05) is 0 Å². The standard InChI is InChI=1S/C9H18O6/c1-12-4-5-8(13-2)6(10)7(11)9(14-3)15-5/h5-11H,4H2,1-3H3. The molecule has 0 saturated carbocycles. The minimum Gasteiger partial charge on any atom is -0.387 e. The highest BCUT2D eigenvalue weighted by Gasteiger charge is 2.44. The zero-order valence-corrected chi connectivity index (χ0v) is 9.12. The SMILES string of the molecule is COCC1OC(OC)C(O)C(O)C1OC. The highest BCUT2D eigenvalue weighted by atomic mass is 16.7. The Morgan fingerprint density at radius 1 is 1.07 bits per heavy atom. The van der Waals surface area contributed by atoms with Crippen molar-refractivity contribution in [1.29, 1.82) is 0 Å². The van der Waals surface area contributed by atoms with Gasteiger partial charge in [0.2, 0.25) is 0 Å². The first-order valence-corrected chi connectivity index (χ1v) is 4.71. The van der Waals surface area contributed by atoms with Crippen molar-refractivity contribution in [1.82, 2.24) is 0 Å². The van der Waals surface area contributed by atoms with Gasteiger partial charge in [0.05, 0.1) is 6.61 Å². The van der Waals surface area contributed by atoms with E-state index in [0.717, 1.165) is 0 Å². The Bertz CT molecular complexity index is 187. The average Bonchev–Trinajstić information content (AvgIpc) is 2.24. The van der Waals surface area contributed by atoms with Crippen molar-refractivity contribution in [3.05, 3.63) is 0 Å². The molecule has 0 radical (unpaired) electrons. The fraction of sp³-hybridized carbons (Fsp3) is 1.00. The Morgan fingerprint density at radius 3 is 2.20 bits per heavy atom. The third-order valence-electron chi connectivity index (χ3n) is 2.48. The van der Waals surface area contributed by atoms with E-state index in [1.165, 1.54) is 21.3 Å². The summed E-state index contributed by atoms with van der Waals surface area (Å²) in [5.74, 6) is 0. The molecule has 0 aromatic carbocycles. The van der Waals surface area contributed by atoms with E-state index in [4.69, 9.17) is 18.9 Å². The van der Waals surface area contributed by atoms with Crippen molar-refractivity contribution in [3.63, 3.8) is 0 Å². The predicted octanol–water partition coefficient (Wildman–Crippen LogP) is -1.26. The van der Waals surface area contributed by atoms with Gasteiger partial charge in [0, 0.05) is 21.3 Å². The summed E-state index contributed by atoms with van der Waals surface area (Å²) in [6.45, 7) is 0.266. The Morgan fingerprint density at radius 2 is 1.73 bits per heavy atom. The van der Waals surface area contributed by atoms with Crippen LogP contribution in [0.5, 0.6) is 0 Å². The van der Waals surface area contributed by atoms with Crippen molar-refractivity contribution < 1.29 is 29.2 Å². The lowest BCUT2D eigenvalue weighted by atomic mass is 9.99. The van der Waals surface area contributed by atoms with Gasteiger partial charge >= 0.3 is 0 Å². The molecule has 0 amide bonds. The molecular weight excluding hydrogens is 204 g/mol. The first-order chi connectivity index (χ1) is 7.15. The summed E-state index contributed by atoms with van der Waals surface area (Å²) in [6, 6.07) is 0. The fourth-order valence-corrected chi connectivity index (χ4v) is 1.69. The molecule has 2 N–H and O–H groups in total. The summed E-state index contributed by atoms with van der Waals surface area (Å²) in [5.41, 5.74) is 0. The summed E-state index contributed by atoms with van der Waals surface area (Å²) >= 11 is 0. The maximum Gasteiger partial charge on any atom is 0.186 e. The summed E-state index contributed by atoms with van der Waals surface area (Å²) < 4.78 is 20.3. The second kappa shape index (κ2) is 5.74. The van der Waals surface area contributed by atoms with Crippen LogP contribution in [0.1, 0.15) is 0 Å². The van der Waals surface area contributed by atoms with Gasteiger partial charge < -0.3 is 29.2 Å². The van der Waals surface area contributed by atoms with Crippen LogP contribution >= 0.6 is 0 Å². The molecular formula is C9H18O6. The highest BCUT2D eigenvalue weighted by molar-refractivity contribution is 4.89. The quantitative estimate of drug-likeness (QED) is 0.618. The number of ether oxygens (including phenoxy) is 4. The van der Waals surface area contributed by atoms with Crippen LogP contribution in [0, 0.1) is 0 Å². The summed E-state index contributed by atoms with van der Waals surface area (Å²) in [5, 5.41) is 19.3. The van der Waals surface area contributed by atoms with Crippen LogP contribution in [-0.2, 0) is 18.9 Å². The topological polar surface area (TPSA) is 77.4 Å². The Kier molecular flexibility index (Phi) is 4.91. The molecule has 5 unspecified atom stereocenters. The van der Waals surface area contributed by atoms with Crippen LogP contribution in [0.15, 0.2) is 0 Å². The van der Waals surface area contributed by atoms with Crippen molar-refractivity contribution in [2.24, 2.45) is 0 Å². The lowest BCUT2D eigenvalue weighted by Gasteiger charge is -2.41. The zero-order chi connectivity index (χ0) is 11.4. The fourth-order valence-electron chi connectivity index (χ4n) is 1.69. The number of methoxy groups -OCH3 is 3. The third-order valence-corrected chi connectivity index (χ3v) is 2.48. The number of hydrogen-bond donors (Lipinski definition) is 2. The minimum absolute atomic E-state index is 0.266. The third kappa shape index (κ3) is 2.66. The molecule has 1 heterocycles. The van der Waals surface area contributed by atoms with Gasteiger partial charge in [-0.2, -0.15) is 0 Å². The predicted molar refractivity (Wildman–Crippen MR) is 50.4 cm³/mol. The van der Waals surface area contributed by atoms with Crippen molar-refractivity contribution in [2.75, 3.05) is 27.9 Å². The van der Waals surface area contributed by atoms with Gasteiger partial charge in [-0.3, -0.25) is 0 Å². The van der Waals surface area contributed by atoms with Gasteiger partial charge in [-0.25, -0.2) is 0 Å². The molecule has 0 aromatic rings. The molecule has 1 aliphatic rings. The number of rotatable bonds is 4. The van der Waals surface area contributed by atoms with Crippen molar-refractivity contribution in [3.8, 4) is 0 Å². The maximum atomic E-state index is 9.75. The second-order valence-corrected chi connectivity index (χ2v) is 3.42. The molecule has 5 atom stereocenters. The summed E-state index contributed by atoms with van der Waals surface area (Å²) in [6.07, 6.45) is -4.09. The number of aliphatic hydroxyl groups is 2. The summed E-state index contributed by atoms with van der Waals surface area (Å²) in [4.78, 5) is 0. The molecule has 1 saturated heterocycles. The van der Waals surface area contributed by atoms with E-state index in [1.54, 1.807) is 0 Å². The molecule has 0 bridgehead atoms. The van der Waals surface area contributed by atoms with Crippen molar-refractivity contribution >= 4 is 0 Å². The van der Waals surface area contributed by atoms with E-state index in [9.17, 15) is 10.2 Å². The highest BCUT2D eigenvalue weighted by Crippen LogP contribution is 2.23.